The molecule has 50 valence electrons. The molecule has 1 rings (SSSR count). The lowest BCUT2D eigenvalue weighted by Crippen LogP contribution is -2.17. The molecule has 0 saturated carbocycles. The molecule has 0 fully saturated rings. The second kappa shape index (κ2) is 2.08. The number of nitrogens with zero attached hydrogens (tertiary/aromatic N) is 2. The molecule has 2 nitrogen and oxygen atoms in total. The van der Waals surface area contributed by atoms with Crippen molar-refractivity contribution < 1.29 is 13.3 Å². The van der Waals surface area contributed by atoms with E-state index in [0.717, 1.165) is 0 Å². The fraction of sp³-hybridized carbons (Fsp3) is 0.250. The molecule has 9 heavy (non-hydrogen) atoms. The normalized spacial score (nSPS) is 19.2. The second-order valence-electron chi connectivity index (χ2n) is 1.50. The molecular formula is C4H3F3N2. The largest absolute Gasteiger partial charge is 0.234 e. The van der Waals surface area contributed by atoms with Gasteiger partial charge in [0.05, 0.1) is 6.20 Å². The molecule has 0 amide bonds. The van der Waals surface area contributed by atoms with E-state index < -0.39 is 18.5 Å². The van der Waals surface area contributed by atoms with Crippen LogP contribution in [0, 0.1) is 0 Å². The lowest BCUT2D eigenvalue weighted by Gasteiger charge is -2.08. The maximum Gasteiger partial charge on any atom is 0.234 e. The zero-order valence-electron chi connectivity index (χ0n) is 4.31. The van der Waals surface area contributed by atoms with Gasteiger partial charge in [-0.1, -0.05) is 4.48 Å². The van der Waals surface area contributed by atoms with E-state index in [4.69, 9.17) is 0 Å². The lowest BCUT2D eigenvalue weighted by atomic mass is 10.6. The number of halogens is 3. The van der Waals surface area contributed by atoms with E-state index in [1.165, 1.54) is 0 Å². The minimum Gasteiger partial charge on any atom is -0.206 e. The molecule has 1 heterocycles. The Kier molecular flexibility index (Phi) is 1.42. The van der Waals surface area contributed by atoms with Crippen LogP contribution in [0.1, 0.15) is 0 Å². The van der Waals surface area contributed by atoms with Gasteiger partial charge in [-0.15, -0.1) is 0 Å². The summed E-state index contributed by atoms with van der Waals surface area (Å²) in [6.07, 6.45) is 0.475. The van der Waals surface area contributed by atoms with E-state index in [-0.39, 0.29) is 5.12 Å². The van der Waals surface area contributed by atoms with Crippen molar-refractivity contribution in [2.24, 2.45) is 4.99 Å². The highest BCUT2D eigenvalue weighted by Gasteiger charge is 2.11. The van der Waals surface area contributed by atoms with Gasteiger partial charge in [0.25, 0.3) is 0 Å². The standard InChI is InChI=1S/C4H3F3N2/c5-3-1-9(7)2-4(6)8-3/h1H,2H2. The van der Waals surface area contributed by atoms with Crippen LogP contribution in [-0.2, 0) is 0 Å². The molecule has 0 N–H and O–H groups in total. The SMILES string of the molecule is FC1=CN(F)CC(F)=N1. The van der Waals surface area contributed by atoms with E-state index in [9.17, 15) is 13.3 Å². The molecule has 1 aliphatic rings. The predicted molar refractivity (Wildman–Crippen MR) is 25.5 cm³/mol. The molecule has 0 aliphatic carbocycles. The molecule has 1 aliphatic heterocycles. The van der Waals surface area contributed by atoms with Gasteiger partial charge in [0.15, 0.2) is 0 Å². The average molecular weight is 136 g/mol. The van der Waals surface area contributed by atoms with Crippen molar-refractivity contribution in [2.45, 2.75) is 0 Å². The van der Waals surface area contributed by atoms with Gasteiger partial charge in [-0.3, -0.25) is 0 Å². The summed E-state index contributed by atoms with van der Waals surface area (Å²) in [6, 6.07) is 0. The summed E-state index contributed by atoms with van der Waals surface area (Å²) in [5.74, 6) is -2.21. The van der Waals surface area contributed by atoms with Crippen molar-refractivity contribution in [3.05, 3.63) is 12.2 Å². The van der Waals surface area contributed by atoms with Gasteiger partial charge >= 0.3 is 0 Å². The topological polar surface area (TPSA) is 15.6 Å². The van der Waals surface area contributed by atoms with Crippen molar-refractivity contribution >= 4 is 5.97 Å². The Bertz CT molecular complexity index is 175. The maximum atomic E-state index is 11.9. The third-order valence-corrected chi connectivity index (χ3v) is 0.756. The molecule has 5 heteroatoms. The first-order valence-electron chi connectivity index (χ1n) is 2.21. The first kappa shape index (κ1) is 6.12. The molecule has 0 bridgehead atoms. The summed E-state index contributed by atoms with van der Waals surface area (Å²) in [7, 11) is 0. The summed E-state index contributed by atoms with van der Waals surface area (Å²) in [4.78, 5) is 2.70. The molecule has 0 radical (unpaired) electrons. The molecule has 0 spiro atoms. The highest BCUT2D eigenvalue weighted by Crippen LogP contribution is 2.09. The fourth-order valence-corrected chi connectivity index (χ4v) is 0.466. The van der Waals surface area contributed by atoms with E-state index in [2.05, 4.69) is 4.99 Å². The summed E-state index contributed by atoms with van der Waals surface area (Å²) in [5, 5.41) is -0.113. The van der Waals surface area contributed by atoms with Gasteiger partial charge < -0.3 is 0 Å². The molecular weight excluding hydrogens is 133 g/mol. The Morgan fingerprint density at radius 2 is 2.22 bits per heavy atom. The Hall–Kier alpha value is -1.00. The number of aliphatic imine (C=N–C) groups is 1. The number of hydrogen-bond donors (Lipinski definition) is 0. The average Bonchev–Trinajstić information content (AvgIpc) is 1.59. The van der Waals surface area contributed by atoms with E-state index in [1.807, 2.05) is 0 Å². The van der Waals surface area contributed by atoms with Gasteiger partial charge in [0.1, 0.15) is 6.54 Å². The van der Waals surface area contributed by atoms with Gasteiger partial charge in [-0.25, -0.2) is 5.12 Å². The minimum atomic E-state index is -1.15. The van der Waals surface area contributed by atoms with Crippen LogP contribution in [0.15, 0.2) is 17.1 Å². The molecule has 0 aromatic heterocycles. The van der Waals surface area contributed by atoms with E-state index in [0.29, 0.717) is 6.20 Å². The molecule has 0 saturated heterocycles. The Balaban J connectivity index is 2.74. The molecule has 0 atom stereocenters. The highest BCUT2D eigenvalue weighted by atomic mass is 19.2. The fourth-order valence-electron chi connectivity index (χ4n) is 0.466. The van der Waals surface area contributed by atoms with Crippen molar-refractivity contribution in [3.63, 3.8) is 0 Å². The third-order valence-electron chi connectivity index (χ3n) is 0.756. The summed E-state index contributed by atoms with van der Waals surface area (Å²) in [5.41, 5.74) is 0. The number of hydrogen-bond acceptors (Lipinski definition) is 2. The zero-order chi connectivity index (χ0) is 6.85. The van der Waals surface area contributed by atoms with Gasteiger partial charge in [-0.2, -0.15) is 13.8 Å². The Labute approximate surface area is 49.2 Å². The Morgan fingerprint density at radius 3 is 2.67 bits per heavy atom. The van der Waals surface area contributed by atoms with Crippen LogP contribution in [0.2, 0.25) is 0 Å². The minimum absolute atomic E-state index is 0.113. The summed E-state index contributed by atoms with van der Waals surface area (Å²) >= 11 is 0. The number of rotatable bonds is 0. The second-order valence-corrected chi connectivity index (χ2v) is 1.50. The van der Waals surface area contributed by atoms with Crippen molar-refractivity contribution in [2.75, 3.05) is 6.54 Å². The predicted octanol–water partition coefficient (Wildman–Crippen LogP) is 1.32. The first-order chi connectivity index (χ1) is 4.18. The molecule has 0 unspecified atom stereocenters. The summed E-state index contributed by atoms with van der Waals surface area (Å²) in [6.45, 7) is -0.604. The smallest absolute Gasteiger partial charge is 0.206 e. The van der Waals surface area contributed by atoms with E-state index >= 15 is 0 Å². The van der Waals surface area contributed by atoms with Gasteiger partial charge in [-0.05, 0) is 0 Å². The van der Waals surface area contributed by atoms with Crippen LogP contribution < -0.4 is 0 Å². The van der Waals surface area contributed by atoms with Crippen LogP contribution in [0.25, 0.3) is 0 Å². The van der Waals surface area contributed by atoms with Gasteiger partial charge in [0.2, 0.25) is 11.9 Å². The van der Waals surface area contributed by atoms with Crippen LogP contribution >= 0.6 is 0 Å². The zero-order valence-corrected chi connectivity index (χ0v) is 4.31. The Morgan fingerprint density at radius 1 is 1.56 bits per heavy atom. The van der Waals surface area contributed by atoms with Crippen LogP contribution in [0.5, 0.6) is 0 Å². The summed E-state index contributed by atoms with van der Waals surface area (Å²) < 4.78 is 35.6. The lowest BCUT2D eigenvalue weighted by molar-refractivity contribution is 0.102. The van der Waals surface area contributed by atoms with Crippen molar-refractivity contribution in [3.8, 4) is 0 Å². The third kappa shape index (κ3) is 1.45. The van der Waals surface area contributed by atoms with Crippen molar-refractivity contribution in [1.29, 1.82) is 0 Å². The monoisotopic (exact) mass is 136 g/mol. The van der Waals surface area contributed by atoms with Gasteiger partial charge in [0, 0.05) is 0 Å². The highest BCUT2D eigenvalue weighted by molar-refractivity contribution is 5.78. The molecule has 0 aromatic carbocycles. The maximum absolute atomic E-state index is 11.9. The quantitative estimate of drug-likeness (QED) is 0.362. The van der Waals surface area contributed by atoms with Crippen molar-refractivity contribution in [1.82, 2.24) is 5.12 Å². The van der Waals surface area contributed by atoms with Crippen LogP contribution in [0.3, 0.4) is 0 Å². The molecule has 0 aromatic rings. The first-order valence-corrected chi connectivity index (χ1v) is 2.21. The van der Waals surface area contributed by atoms with E-state index in [1.54, 1.807) is 0 Å². The van der Waals surface area contributed by atoms with Crippen LogP contribution in [0.4, 0.5) is 13.3 Å². The van der Waals surface area contributed by atoms with Crippen LogP contribution in [-0.4, -0.2) is 17.6 Å².